The molecule has 0 radical (unpaired) electrons. The van der Waals surface area contributed by atoms with E-state index in [2.05, 4.69) is 10.1 Å². The molecule has 0 fully saturated rings. The molecule has 1 aromatic carbocycles. The number of aromatic nitrogens is 2. The highest BCUT2D eigenvalue weighted by Crippen LogP contribution is 2.27. The zero-order valence-electron chi connectivity index (χ0n) is 8.09. The van der Waals surface area contributed by atoms with Crippen molar-refractivity contribution in [1.82, 2.24) is 9.78 Å². The van der Waals surface area contributed by atoms with Gasteiger partial charge in [-0.05, 0) is 5.56 Å². The fourth-order valence-corrected chi connectivity index (χ4v) is 1.72. The topological polar surface area (TPSA) is 56.2 Å². The van der Waals surface area contributed by atoms with Gasteiger partial charge in [-0.2, -0.15) is 5.10 Å². The summed E-state index contributed by atoms with van der Waals surface area (Å²) in [6, 6.07) is 10.1. The van der Waals surface area contributed by atoms with Gasteiger partial charge < -0.3 is 5.73 Å². The molecule has 0 atom stereocenters. The maximum absolute atomic E-state index is 5.74. The number of hydrogen-bond acceptors (Lipinski definition) is 3. The van der Waals surface area contributed by atoms with Crippen LogP contribution in [0.2, 0.25) is 0 Å². The first-order valence-corrected chi connectivity index (χ1v) is 4.79. The molecular weight excluding hydrogens is 188 g/mol. The van der Waals surface area contributed by atoms with Crippen molar-refractivity contribution in [1.29, 1.82) is 0 Å². The minimum absolute atomic E-state index is 0.640. The quantitative estimate of drug-likeness (QED) is 0.756. The number of hydrogen-bond donors (Lipinski definition) is 1. The summed E-state index contributed by atoms with van der Waals surface area (Å²) in [6.07, 6.45) is 1.64. The number of rotatable bonds is 1. The predicted octanol–water partition coefficient (Wildman–Crippen LogP) is 1.60. The smallest absolute Gasteiger partial charge is 0.174 e. The Bertz CT molecular complexity index is 525. The number of nitrogens with zero attached hydrogens (tertiary/aromatic N) is 3. The van der Waals surface area contributed by atoms with Crippen LogP contribution >= 0.6 is 0 Å². The van der Waals surface area contributed by atoms with E-state index >= 15 is 0 Å². The van der Waals surface area contributed by atoms with Gasteiger partial charge in [-0.25, -0.2) is 9.67 Å². The number of aliphatic imine (C=N–C) groups is 1. The molecule has 0 spiro atoms. The summed E-state index contributed by atoms with van der Waals surface area (Å²) in [5.74, 6) is 0.772. The molecule has 3 rings (SSSR count). The van der Waals surface area contributed by atoms with E-state index < -0.39 is 0 Å². The lowest BCUT2D eigenvalue weighted by Gasteiger charge is -1.98. The van der Waals surface area contributed by atoms with Crippen molar-refractivity contribution in [2.75, 3.05) is 5.73 Å². The standard InChI is InChI=1S/C11H10N4/c12-9-6-13-15-7-10(14-11(9)15)8-4-2-1-3-5-8/h1-6H,7,12H2. The first kappa shape index (κ1) is 8.23. The molecule has 0 aliphatic carbocycles. The molecule has 0 saturated carbocycles. The normalized spacial score (nSPS) is 13.7. The Hall–Kier alpha value is -2.10. The maximum atomic E-state index is 5.74. The van der Waals surface area contributed by atoms with Gasteiger partial charge in [0, 0.05) is 0 Å². The predicted molar refractivity (Wildman–Crippen MR) is 59.3 cm³/mol. The first-order chi connectivity index (χ1) is 7.34. The summed E-state index contributed by atoms with van der Waals surface area (Å²) in [5, 5.41) is 4.15. The van der Waals surface area contributed by atoms with Crippen LogP contribution in [0.1, 0.15) is 5.56 Å². The summed E-state index contributed by atoms with van der Waals surface area (Å²) >= 11 is 0. The van der Waals surface area contributed by atoms with Crippen LogP contribution in [-0.2, 0) is 6.54 Å². The van der Waals surface area contributed by atoms with Crippen LogP contribution in [0.4, 0.5) is 11.5 Å². The van der Waals surface area contributed by atoms with Crippen molar-refractivity contribution in [3.8, 4) is 0 Å². The van der Waals surface area contributed by atoms with E-state index in [-0.39, 0.29) is 0 Å². The molecule has 15 heavy (non-hydrogen) atoms. The minimum Gasteiger partial charge on any atom is -0.394 e. The van der Waals surface area contributed by atoms with Gasteiger partial charge >= 0.3 is 0 Å². The molecular formula is C11H10N4. The van der Waals surface area contributed by atoms with Gasteiger partial charge in [0.1, 0.15) is 0 Å². The molecule has 4 nitrogen and oxygen atoms in total. The zero-order chi connectivity index (χ0) is 10.3. The third-order valence-electron chi connectivity index (χ3n) is 2.49. The Balaban J connectivity index is 2.04. The number of nitrogen functional groups attached to an aromatic ring is 1. The monoisotopic (exact) mass is 198 g/mol. The van der Waals surface area contributed by atoms with Crippen molar-refractivity contribution in [3.05, 3.63) is 42.1 Å². The molecule has 1 aliphatic heterocycles. The number of anilines is 1. The maximum Gasteiger partial charge on any atom is 0.174 e. The van der Waals surface area contributed by atoms with Gasteiger partial charge in [0.05, 0.1) is 24.1 Å². The van der Waals surface area contributed by atoms with E-state index in [4.69, 9.17) is 5.73 Å². The third kappa shape index (κ3) is 1.22. The van der Waals surface area contributed by atoms with Crippen LogP contribution in [0, 0.1) is 0 Å². The van der Waals surface area contributed by atoms with Crippen LogP contribution in [0.5, 0.6) is 0 Å². The zero-order valence-corrected chi connectivity index (χ0v) is 8.09. The number of nitrogens with two attached hydrogens (primary N) is 1. The molecule has 0 unspecified atom stereocenters. The Morgan fingerprint density at radius 1 is 1.20 bits per heavy atom. The Morgan fingerprint density at radius 3 is 2.73 bits per heavy atom. The second kappa shape index (κ2) is 2.95. The molecule has 2 N–H and O–H groups in total. The van der Waals surface area contributed by atoms with Gasteiger partial charge in [-0.3, -0.25) is 0 Å². The average Bonchev–Trinajstić information content (AvgIpc) is 2.83. The Morgan fingerprint density at radius 2 is 2.00 bits per heavy atom. The third-order valence-corrected chi connectivity index (χ3v) is 2.49. The van der Waals surface area contributed by atoms with Crippen LogP contribution < -0.4 is 5.73 Å². The van der Waals surface area contributed by atoms with Crippen LogP contribution in [0.25, 0.3) is 0 Å². The Labute approximate surface area is 87.1 Å². The fourth-order valence-electron chi connectivity index (χ4n) is 1.72. The van der Waals surface area contributed by atoms with E-state index in [0.29, 0.717) is 12.2 Å². The average molecular weight is 198 g/mol. The molecule has 74 valence electrons. The van der Waals surface area contributed by atoms with Crippen molar-refractivity contribution in [3.63, 3.8) is 0 Å². The SMILES string of the molecule is Nc1cnn2c1N=C(c1ccccc1)C2. The first-order valence-electron chi connectivity index (χ1n) is 4.79. The van der Waals surface area contributed by atoms with E-state index in [1.54, 1.807) is 6.20 Å². The van der Waals surface area contributed by atoms with Crippen LogP contribution in [-0.4, -0.2) is 15.5 Å². The van der Waals surface area contributed by atoms with Gasteiger partial charge in [0.15, 0.2) is 5.82 Å². The lowest BCUT2D eigenvalue weighted by atomic mass is 10.1. The summed E-state index contributed by atoms with van der Waals surface area (Å²) in [6.45, 7) is 0.705. The van der Waals surface area contributed by atoms with Crippen molar-refractivity contribution < 1.29 is 0 Å². The molecule has 1 aromatic heterocycles. The van der Waals surface area contributed by atoms with E-state index in [9.17, 15) is 0 Å². The number of benzene rings is 1. The van der Waals surface area contributed by atoms with Gasteiger partial charge in [0.25, 0.3) is 0 Å². The molecule has 0 bridgehead atoms. The highest BCUT2D eigenvalue weighted by molar-refractivity contribution is 6.04. The van der Waals surface area contributed by atoms with Gasteiger partial charge in [0.2, 0.25) is 0 Å². The van der Waals surface area contributed by atoms with Crippen LogP contribution in [0.3, 0.4) is 0 Å². The van der Waals surface area contributed by atoms with Gasteiger partial charge in [-0.15, -0.1) is 0 Å². The lowest BCUT2D eigenvalue weighted by molar-refractivity contribution is 0.752. The van der Waals surface area contributed by atoms with Crippen molar-refractivity contribution in [2.24, 2.45) is 4.99 Å². The minimum atomic E-state index is 0.640. The van der Waals surface area contributed by atoms with Crippen LogP contribution in [0.15, 0.2) is 41.5 Å². The summed E-state index contributed by atoms with van der Waals surface area (Å²) < 4.78 is 1.82. The van der Waals surface area contributed by atoms with Crippen molar-refractivity contribution >= 4 is 17.2 Å². The summed E-state index contributed by atoms with van der Waals surface area (Å²) in [5.41, 5.74) is 8.53. The van der Waals surface area contributed by atoms with E-state index in [0.717, 1.165) is 17.1 Å². The molecule has 2 aromatic rings. The second-order valence-corrected chi connectivity index (χ2v) is 3.51. The van der Waals surface area contributed by atoms with E-state index in [1.165, 1.54) is 0 Å². The summed E-state index contributed by atoms with van der Waals surface area (Å²) in [4.78, 5) is 4.47. The van der Waals surface area contributed by atoms with Crippen molar-refractivity contribution in [2.45, 2.75) is 6.54 Å². The molecule has 1 aliphatic rings. The highest BCUT2D eigenvalue weighted by Gasteiger charge is 2.18. The molecule has 0 amide bonds. The largest absolute Gasteiger partial charge is 0.394 e. The number of fused-ring (bicyclic) bond motifs is 1. The Kier molecular flexibility index (Phi) is 1.62. The second-order valence-electron chi connectivity index (χ2n) is 3.51. The van der Waals surface area contributed by atoms with E-state index in [1.807, 2.05) is 35.0 Å². The molecule has 4 heteroatoms. The van der Waals surface area contributed by atoms with Gasteiger partial charge in [-0.1, -0.05) is 30.3 Å². The molecule has 2 heterocycles. The fraction of sp³-hybridized carbons (Fsp3) is 0.0909. The highest BCUT2D eigenvalue weighted by atomic mass is 15.3. The lowest BCUT2D eigenvalue weighted by Crippen LogP contribution is -2.05. The summed E-state index contributed by atoms with van der Waals surface area (Å²) in [7, 11) is 0. The molecule has 0 saturated heterocycles.